The van der Waals surface area contributed by atoms with E-state index in [9.17, 15) is 18.0 Å². The molecule has 1 atom stereocenters. The largest absolute Gasteiger partial charge is 0.433 e. The van der Waals surface area contributed by atoms with Crippen LogP contribution in [-0.2, 0) is 11.0 Å². The first-order chi connectivity index (χ1) is 13.4. The summed E-state index contributed by atoms with van der Waals surface area (Å²) < 4.78 is 39.9. The Balaban J connectivity index is 1.54. The second kappa shape index (κ2) is 7.58. The number of amides is 1. The molecule has 0 saturated carbocycles. The van der Waals surface area contributed by atoms with Gasteiger partial charge in [0.05, 0.1) is 11.4 Å². The number of aromatic nitrogens is 1. The second-order valence-corrected chi connectivity index (χ2v) is 7.40. The molecule has 150 valence electrons. The monoisotopic (exact) mass is 392 g/mol. The highest BCUT2D eigenvalue weighted by Crippen LogP contribution is 2.35. The van der Waals surface area contributed by atoms with Crippen LogP contribution in [0.3, 0.4) is 0 Å². The van der Waals surface area contributed by atoms with Crippen molar-refractivity contribution in [2.24, 2.45) is 5.92 Å². The SMILES string of the molecule is O=C([C@H]1CCCNC1)N1CCN(c2cc(C(F)(F)F)nc3ccccc23)CC1. The molecule has 2 fully saturated rings. The molecule has 0 bridgehead atoms. The first kappa shape index (κ1) is 19.0. The summed E-state index contributed by atoms with van der Waals surface area (Å²) >= 11 is 0. The molecule has 0 radical (unpaired) electrons. The van der Waals surface area contributed by atoms with Crippen molar-refractivity contribution >= 4 is 22.5 Å². The summed E-state index contributed by atoms with van der Waals surface area (Å²) in [7, 11) is 0. The van der Waals surface area contributed by atoms with Crippen LogP contribution >= 0.6 is 0 Å². The van der Waals surface area contributed by atoms with Gasteiger partial charge in [-0.05, 0) is 31.5 Å². The summed E-state index contributed by atoms with van der Waals surface area (Å²) in [6.07, 6.45) is -2.60. The van der Waals surface area contributed by atoms with Crippen LogP contribution in [0.15, 0.2) is 30.3 Å². The average molecular weight is 392 g/mol. The van der Waals surface area contributed by atoms with Crippen molar-refractivity contribution in [3.63, 3.8) is 0 Å². The van der Waals surface area contributed by atoms with Gasteiger partial charge in [0.25, 0.3) is 0 Å². The van der Waals surface area contributed by atoms with E-state index in [-0.39, 0.29) is 11.8 Å². The van der Waals surface area contributed by atoms with Crippen molar-refractivity contribution in [1.82, 2.24) is 15.2 Å². The summed E-state index contributed by atoms with van der Waals surface area (Å²) in [5.41, 5.74) is -0.0172. The van der Waals surface area contributed by atoms with E-state index >= 15 is 0 Å². The highest BCUT2D eigenvalue weighted by atomic mass is 19.4. The minimum atomic E-state index is -4.50. The molecule has 1 aromatic heterocycles. The van der Waals surface area contributed by atoms with E-state index in [2.05, 4.69) is 10.3 Å². The predicted molar refractivity (Wildman–Crippen MR) is 101 cm³/mol. The van der Waals surface area contributed by atoms with Crippen LogP contribution in [0.1, 0.15) is 18.5 Å². The smallest absolute Gasteiger partial charge is 0.367 e. The van der Waals surface area contributed by atoms with E-state index in [4.69, 9.17) is 0 Å². The standard InChI is InChI=1S/C20H23F3N4O/c21-20(22,23)18-12-17(15-5-1-2-6-16(15)25-18)26-8-10-27(11-9-26)19(28)14-4-3-7-24-13-14/h1-2,5-6,12,14,24H,3-4,7-11,13H2/t14-/m0/s1. The van der Waals surface area contributed by atoms with Crippen LogP contribution in [0.25, 0.3) is 10.9 Å². The topological polar surface area (TPSA) is 48.5 Å². The minimum Gasteiger partial charge on any atom is -0.367 e. The molecule has 3 heterocycles. The third kappa shape index (κ3) is 3.78. The van der Waals surface area contributed by atoms with Crippen molar-refractivity contribution in [3.05, 3.63) is 36.0 Å². The summed E-state index contributed by atoms with van der Waals surface area (Å²) in [5, 5.41) is 3.96. The molecule has 1 aromatic carbocycles. The average Bonchev–Trinajstić information content (AvgIpc) is 2.72. The Hall–Kier alpha value is -2.35. The van der Waals surface area contributed by atoms with Crippen LogP contribution in [-0.4, -0.2) is 55.1 Å². The number of fused-ring (bicyclic) bond motifs is 1. The molecule has 5 nitrogen and oxygen atoms in total. The second-order valence-electron chi connectivity index (χ2n) is 7.40. The van der Waals surface area contributed by atoms with E-state index < -0.39 is 11.9 Å². The first-order valence-electron chi connectivity index (χ1n) is 9.65. The molecule has 28 heavy (non-hydrogen) atoms. The normalized spacial score (nSPS) is 21.2. The van der Waals surface area contributed by atoms with Gasteiger partial charge in [0.15, 0.2) is 0 Å². The number of para-hydroxylation sites is 1. The van der Waals surface area contributed by atoms with Gasteiger partial charge in [-0.1, -0.05) is 18.2 Å². The molecule has 8 heteroatoms. The maximum atomic E-state index is 13.3. The maximum Gasteiger partial charge on any atom is 0.433 e. The summed E-state index contributed by atoms with van der Waals surface area (Å²) in [6.45, 7) is 3.73. The van der Waals surface area contributed by atoms with Crippen molar-refractivity contribution in [3.8, 4) is 0 Å². The van der Waals surface area contributed by atoms with Crippen LogP contribution in [0.5, 0.6) is 0 Å². The van der Waals surface area contributed by atoms with Crippen LogP contribution in [0.4, 0.5) is 18.9 Å². The van der Waals surface area contributed by atoms with Crippen molar-refractivity contribution < 1.29 is 18.0 Å². The molecule has 2 aliphatic heterocycles. The third-order valence-corrected chi connectivity index (χ3v) is 5.56. The summed E-state index contributed by atoms with van der Waals surface area (Å²) in [4.78, 5) is 20.3. The van der Waals surface area contributed by atoms with E-state index in [1.54, 1.807) is 24.3 Å². The number of pyridine rings is 1. The van der Waals surface area contributed by atoms with Crippen LogP contribution in [0.2, 0.25) is 0 Å². The van der Waals surface area contributed by atoms with Crippen LogP contribution in [0, 0.1) is 5.92 Å². The molecule has 2 saturated heterocycles. The van der Waals surface area contributed by atoms with Gasteiger partial charge in [-0.25, -0.2) is 4.98 Å². The van der Waals surface area contributed by atoms with Gasteiger partial charge in [0, 0.05) is 43.8 Å². The Bertz CT molecular complexity index is 856. The number of carbonyl (C=O) groups is 1. The Labute approximate surface area is 161 Å². The molecule has 4 rings (SSSR count). The lowest BCUT2D eigenvalue weighted by molar-refractivity contribution is -0.141. The van der Waals surface area contributed by atoms with Gasteiger partial charge < -0.3 is 15.1 Å². The number of nitrogens with one attached hydrogen (secondary N) is 1. The van der Waals surface area contributed by atoms with Gasteiger partial charge in [0.1, 0.15) is 5.69 Å². The number of halogens is 3. The molecule has 2 aliphatic rings. The lowest BCUT2D eigenvalue weighted by Crippen LogP contribution is -2.52. The summed E-state index contributed by atoms with van der Waals surface area (Å²) in [6, 6.07) is 8.02. The number of piperidine rings is 1. The number of alkyl halides is 3. The number of hydrogen-bond donors (Lipinski definition) is 1. The zero-order chi connectivity index (χ0) is 19.7. The predicted octanol–water partition coefficient (Wildman–Crippen LogP) is 2.90. The lowest BCUT2D eigenvalue weighted by Gasteiger charge is -2.38. The highest BCUT2D eigenvalue weighted by molar-refractivity contribution is 5.92. The fourth-order valence-electron chi connectivity index (χ4n) is 4.05. The van der Waals surface area contributed by atoms with Crippen LogP contribution < -0.4 is 10.2 Å². The molecule has 0 unspecified atom stereocenters. The summed E-state index contributed by atoms with van der Waals surface area (Å²) in [5.74, 6) is 0.168. The quantitative estimate of drug-likeness (QED) is 0.854. The van der Waals surface area contributed by atoms with Gasteiger partial charge in [-0.3, -0.25) is 4.79 Å². The number of anilines is 1. The third-order valence-electron chi connectivity index (χ3n) is 5.56. The molecule has 0 aliphatic carbocycles. The Morgan fingerprint density at radius 2 is 1.89 bits per heavy atom. The fraction of sp³-hybridized carbons (Fsp3) is 0.500. The number of rotatable bonds is 2. The molecule has 1 amide bonds. The van der Waals surface area contributed by atoms with Gasteiger partial charge >= 0.3 is 6.18 Å². The van der Waals surface area contributed by atoms with Gasteiger partial charge in [-0.2, -0.15) is 13.2 Å². The van der Waals surface area contributed by atoms with Gasteiger partial charge in [-0.15, -0.1) is 0 Å². The first-order valence-corrected chi connectivity index (χ1v) is 9.65. The number of piperazine rings is 1. The Morgan fingerprint density at radius 1 is 1.14 bits per heavy atom. The number of nitrogens with zero attached hydrogens (tertiary/aromatic N) is 3. The van der Waals surface area contributed by atoms with E-state index in [0.29, 0.717) is 49.3 Å². The zero-order valence-electron chi connectivity index (χ0n) is 15.5. The molecule has 0 spiro atoms. The van der Waals surface area contributed by atoms with Crippen molar-refractivity contribution in [1.29, 1.82) is 0 Å². The van der Waals surface area contributed by atoms with E-state index in [1.165, 1.54) is 0 Å². The molecular formula is C20H23F3N4O. The number of benzene rings is 1. The lowest BCUT2D eigenvalue weighted by atomic mass is 9.98. The molecule has 1 N–H and O–H groups in total. The van der Waals surface area contributed by atoms with E-state index in [0.717, 1.165) is 25.5 Å². The zero-order valence-corrected chi connectivity index (χ0v) is 15.5. The van der Waals surface area contributed by atoms with Gasteiger partial charge in [0.2, 0.25) is 5.91 Å². The van der Waals surface area contributed by atoms with Crippen molar-refractivity contribution in [2.75, 3.05) is 44.2 Å². The van der Waals surface area contributed by atoms with E-state index in [1.807, 2.05) is 9.80 Å². The molecular weight excluding hydrogens is 369 g/mol. The molecule has 2 aromatic rings. The number of carbonyl (C=O) groups excluding carboxylic acids is 1. The number of hydrogen-bond acceptors (Lipinski definition) is 4. The minimum absolute atomic E-state index is 0.0129. The highest BCUT2D eigenvalue weighted by Gasteiger charge is 2.35. The Morgan fingerprint density at radius 3 is 2.57 bits per heavy atom. The Kier molecular flexibility index (Phi) is 5.14. The fourth-order valence-corrected chi connectivity index (χ4v) is 4.05. The van der Waals surface area contributed by atoms with Crippen molar-refractivity contribution in [2.45, 2.75) is 19.0 Å². The maximum absolute atomic E-state index is 13.3.